The van der Waals surface area contributed by atoms with Gasteiger partial charge in [-0.1, -0.05) is 23.4 Å². The van der Waals surface area contributed by atoms with Crippen LogP contribution >= 0.6 is 23.4 Å². The van der Waals surface area contributed by atoms with Crippen molar-refractivity contribution in [2.45, 2.75) is 5.16 Å². The number of aromatic nitrogens is 2. The Hall–Kier alpha value is -1.57. The van der Waals surface area contributed by atoms with Gasteiger partial charge in [-0.15, -0.1) is 0 Å². The lowest BCUT2D eigenvalue weighted by molar-refractivity contribution is 0.422. The van der Waals surface area contributed by atoms with Crippen LogP contribution in [0, 0.1) is 5.82 Å². The third-order valence-electron chi connectivity index (χ3n) is 2.12. The van der Waals surface area contributed by atoms with E-state index in [1.54, 1.807) is 0 Å². The largest absolute Gasteiger partial charge is 0.436 e. The van der Waals surface area contributed by atoms with Gasteiger partial charge in [-0.2, -0.15) is 4.98 Å². The van der Waals surface area contributed by atoms with Gasteiger partial charge in [0.1, 0.15) is 5.82 Å². The number of nitrogen functional groups attached to an aromatic ring is 1. The van der Waals surface area contributed by atoms with Gasteiger partial charge in [-0.25, -0.2) is 15.2 Å². The molecule has 0 spiro atoms. The van der Waals surface area contributed by atoms with E-state index in [1.165, 1.54) is 30.0 Å². The maximum absolute atomic E-state index is 13.6. The summed E-state index contributed by atoms with van der Waals surface area (Å²) in [7, 11) is 0. The summed E-state index contributed by atoms with van der Waals surface area (Å²) in [5, 5.41) is 0.751. The minimum Gasteiger partial charge on any atom is -0.436 e. The molecule has 100 valence electrons. The predicted octanol–water partition coefficient (Wildman–Crippen LogP) is 3.07. The number of halogens is 2. The van der Waals surface area contributed by atoms with Crippen LogP contribution in [0.15, 0.2) is 29.4 Å². The number of nitrogens with zero attached hydrogens (tertiary/aromatic N) is 2. The summed E-state index contributed by atoms with van der Waals surface area (Å²) in [5.41, 5.74) is 2.39. The van der Waals surface area contributed by atoms with Crippen molar-refractivity contribution in [3.05, 3.63) is 35.1 Å². The van der Waals surface area contributed by atoms with Gasteiger partial charge in [0.15, 0.2) is 16.7 Å². The van der Waals surface area contributed by atoms with Crippen LogP contribution in [0.25, 0.3) is 0 Å². The molecule has 0 aliphatic carbocycles. The number of nitrogens with two attached hydrogens (primary N) is 1. The highest BCUT2D eigenvalue weighted by Gasteiger charge is 2.09. The summed E-state index contributed by atoms with van der Waals surface area (Å²) in [6, 6.07) is 5.58. The zero-order valence-electron chi connectivity index (χ0n) is 9.85. The van der Waals surface area contributed by atoms with Crippen LogP contribution in [0.4, 0.5) is 10.2 Å². The van der Waals surface area contributed by atoms with Crippen molar-refractivity contribution in [1.29, 1.82) is 0 Å². The van der Waals surface area contributed by atoms with Crippen molar-refractivity contribution >= 4 is 29.2 Å². The van der Waals surface area contributed by atoms with Gasteiger partial charge in [0.05, 0.1) is 0 Å². The molecule has 0 aliphatic rings. The lowest BCUT2D eigenvalue weighted by atomic mass is 10.3. The van der Waals surface area contributed by atoms with Crippen molar-refractivity contribution in [3.63, 3.8) is 0 Å². The van der Waals surface area contributed by atoms with Crippen LogP contribution in [0.1, 0.15) is 0 Å². The Balaban J connectivity index is 2.31. The van der Waals surface area contributed by atoms with E-state index >= 15 is 0 Å². The summed E-state index contributed by atoms with van der Waals surface area (Å²) >= 11 is 6.98. The Morgan fingerprint density at radius 3 is 2.79 bits per heavy atom. The van der Waals surface area contributed by atoms with E-state index in [0.717, 1.165) is 6.07 Å². The molecule has 3 N–H and O–H groups in total. The van der Waals surface area contributed by atoms with Crippen molar-refractivity contribution in [1.82, 2.24) is 9.97 Å². The summed E-state index contributed by atoms with van der Waals surface area (Å²) in [4.78, 5) is 8.16. The maximum Gasteiger partial charge on any atom is 0.225 e. The minimum absolute atomic E-state index is 0.0260. The van der Waals surface area contributed by atoms with Crippen LogP contribution in [0.2, 0.25) is 5.02 Å². The number of ether oxygens (including phenoxy) is 1. The molecule has 8 heteroatoms. The number of rotatable bonds is 4. The normalized spacial score (nSPS) is 10.3. The van der Waals surface area contributed by atoms with E-state index < -0.39 is 5.82 Å². The Labute approximate surface area is 118 Å². The highest BCUT2D eigenvalue weighted by molar-refractivity contribution is 7.98. The number of hydrogen-bond donors (Lipinski definition) is 2. The van der Waals surface area contributed by atoms with E-state index in [-0.39, 0.29) is 11.6 Å². The number of anilines is 1. The maximum atomic E-state index is 13.6. The molecule has 0 fully saturated rings. The predicted molar refractivity (Wildman–Crippen MR) is 73.1 cm³/mol. The number of thioether (sulfide) groups is 1. The Morgan fingerprint density at radius 1 is 1.37 bits per heavy atom. The second-order valence-electron chi connectivity index (χ2n) is 3.40. The van der Waals surface area contributed by atoms with E-state index in [9.17, 15) is 4.39 Å². The number of nitrogens with one attached hydrogen (secondary N) is 1. The smallest absolute Gasteiger partial charge is 0.225 e. The Kier molecular flexibility index (Phi) is 4.41. The Bertz CT molecular complexity index is 577. The highest BCUT2D eigenvalue weighted by atomic mass is 35.5. The molecule has 0 saturated heterocycles. The molecule has 2 rings (SSSR count). The topological polar surface area (TPSA) is 73.1 Å². The van der Waals surface area contributed by atoms with Gasteiger partial charge >= 0.3 is 0 Å². The van der Waals surface area contributed by atoms with Gasteiger partial charge in [0.2, 0.25) is 5.88 Å². The van der Waals surface area contributed by atoms with Gasteiger partial charge in [0, 0.05) is 11.1 Å². The van der Waals surface area contributed by atoms with Gasteiger partial charge in [-0.05, 0) is 24.5 Å². The molecule has 5 nitrogen and oxygen atoms in total. The molecule has 1 aromatic carbocycles. The third-order valence-corrected chi connectivity index (χ3v) is 2.90. The first-order chi connectivity index (χ1) is 9.12. The first-order valence-corrected chi connectivity index (χ1v) is 6.75. The van der Waals surface area contributed by atoms with Crippen molar-refractivity contribution in [2.75, 3.05) is 11.7 Å². The zero-order valence-corrected chi connectivity index (χ0v) is 11.4. The molecule has 2 aromatic rings. The zero-order chi connectivity index (χ0) is 13.8. The molecule has 0 unspecified atom stereocenters. The molecule has 0 atom stereocenters. The van der Waals surface area contributed by atoms with Gasteiger partial charge < -0.3 is 10.2 Å². The van der Waals surface area contributed by atoms with Crippen molar-refractivity contribution in [3.8, 4) is 11.6 Å². The lowest BCUT2D eigenvalue weighted by Gasteiger charge is -2.08. The molecule has 0 bridgehead atoms. The van der Waals surface area contributed by atoms with E-state index in [0.29, 0.717) is 16.0 Å². The molecule has 0 saturated carbocycles. The highest BCUT2D eigenvalue weighted by Crippen LogP contribution is 2.27. The van der Waals surface area contributed by atoms with Gasteiger partial charge in [-0.3, -0.25) is 0 Å². The summed E-state index contributed by atoms with van der Waals surface area (Å²) in [5.74, 6) is 5.31. The average molecular weight is 301 g/mol. The molecule has 0 amide bonds. The fourth-order valence-electron chi connectivity index (χ4n) is 1.29. The second kappa shape index (κ2) is 6.05. The van der Waals surface area contributed by atoms with Crippen molar-refractivity contribution < 1.29 is 9.13 Å². The van der Waals surface area contributed by atoms with E-state index in [2.05, 4.69) is 15.4 Å². The van der Waals surface area contributed by atoms with Crippen LogP contribution in [0.3, 0.4) is 0 Å². The summed E-state index contributed by atoms with van der Waals surface area (Å²) in [6.07, 6.45) is 1.81. The lowest BCUT2D eigenvalue weighted by Crippen LogP contribution is -2.09. The SMILES string of the molecule is CSc1nc(NN)cc(Oc2ccc(Cl)cc2F)n1. The first-order valence-electron chi connectivity index (χ1n) is 5.15. The van der Waals surface area contributed by atoms with Crippen LogP contribution in [0.5, 0.6) is 11.6 Å². The fourth-order valence-corrected chi connectivity index (χ4v) is 1.82. The monoisotopic (exact) mass is 300 g/mol. The standard InChI is InChI=1S/C11H10ClFN4OS/c1-19-11-15-9(17-14)5-10(16-11)18-8-3-2-6(12)4-7(8)13/h2-5H,14H2,1H3,(H,15,16,17). The molecule has 0 radical (unpaired) electrons. The molecule has 19 heavy (non-hydrogen) atoms. The molecule has 1 heterocycles. The van der Waals surface area contributed by atoms with Crippen LogP contribution < -0.4 is 16.0 Å². The number of hydrogen-bond acceptors (Lipinski definition) is 6. The molecule has 0 aliphatic heterocycles. The fraction of sp³-hybridized carbons (Fsp3) is 0.0909. The summed E-state index contributed by atoms with van der Waals surface area (Å²) < 4.78 is 19.0. The quantitative estimate of drug-likeness (QED) is 0.391. The molecule has 1 aromatic heterocycles. The molecular formula is C11H10ClFN4OS. The van der Waals surface area contributed by atoms with Crippen molar-refractivity contribution in [2.24, 2.45) is 5.84 Å². The van der Waals surface area contributed by atoms with Crippen LogP contribution in [-0.2, 0) is 0 Å². The number of hydrazine groups is 1. The molecular weight excluding hydrogens is 291 g/mol. The van der Waals surface area contributed by atoms with Crippen LogP contribution in [-0.4, -0.2) is 16.2 Å². The van der Waals surface area contributed by atoms with E-state index in [1.807, 2.05) is 6.26 Å². The second-order valence-corrected chi connectivity index (χ2v) is 4.61. The number of benzene rings is 1. The first kappa shape index (κ1) is 13.9. The van der Waals surface area contributed by atoms with Gasteiger partial charge in [0.25, 0.3) is 0 Å². The third kappa shape index (κ3) is 3.46. The van der Waals surface area contributed by atoms with E-state index in [4.69, 9.17) is 22.2 Å². The average Bonchev–Trinajstić information content (AvgIpc) is 2.41. The summed E-state index contributed by atoms with van der Waals surface area (Å²) in [6.45, 7) is 0. The minimum atomic E-state index is -0.570. The Morgan fingerprint density at radius 2 is 2.16 bits per heavy atom.